The van der Waals surface area contributed by atoms with Crippen molar-refractivity contribution in [2.24, 2.45) is 10.2 Å². The summed E-state index contributed by atoms with van der Waals surface area (Å²) in [5.41, 5.74) is 0.582. The third-order valence-corrected chi connectivity index (χ3v) is 1.68. The maximum Gasteiger partial charge on any atom is 0.242 e. The molecule has 0 unspecified atom stereocenters. The van der Waals surface area contributed by atoms with E-state index in [1.54, 1.807) is 36.4 Å². The van der Waals surface area contributed by atoms with Crippen LogP contribution < -0.4 is 4.74 Å². The summed E-state index contributed by atoms with van der Waals surface area (Å²) in [6, 6.07) is 9.29. The van der Waals surface area contributed by atoms with Crippen LogP contribution in [0.2, 0.25) is 0 Å². The van der Waals surface area contributed by atoms with Gasteiger partial charge in [-0.25, -0.2) is 0 Å². The topological polar surface area (TPSA) is 81.5 Å². The Labute approximate surface area is 93.6 Å². The van der Waals surface area contributed by atoms with Crippen LogP contribution in [0.3, 0.4) is 0 Å². The van der Waals surface area contributed by atoms with Gasteiger partial charge >= 0.3 is 0 Å². The van der Waals surface area contributed by atoms with Gasteiger partial charge in [-0.15, -0.1) is 0 Å². The van der Waals surface area contributed by atoms with Gasteiger partial charge < -0.3 is 4.74 Å². The smallest absolute Gasteiger partial charge is 0.242 e. The van der Waals surface area contributed by atoms with E-state index >= 15 is 0 Å². The van der Waals surface area contributed by atoms with Crippen LogP contribution in [-0.4, -0.2) is 12.6 Å². The molecule has 1 rings (SSSR count). The molecule has 5 heteroatoms. The average molecular weight is 214 g/mol. The van der Waals surface area contributed by atoms with Crippen molar-refractivity contribution in [1.82, 2.24) is 0 Å². The summed E-state index contributed by atoms with van der Waals surface area (Å²) >= 11 is 0. The van der Waals surface area contributed by atoms with E-state index in [-0.39, 0.29) is 0 Å². The van der Waals surface area contributed by atoms with Gasteiger partial charge in [0.05, 0.1) is 12.3 Å². The second kappa shape index (κ2) is 6.15. The number of nitriles is 2. The van der Waals surface area contributed by atoms with Crippen molar-refractivity contribution >= 4 is 5.69 Å². The van der Waals surface area contributed by atoms with E-state index in [1.165, 1.54) is 0 Å². The van der Waals surface area contributed by atoms with E-state index < -0.39 is 6.04 Å². The summed E-state index contributed by atoms with van der Waals surface area (Å²) < 4.78 is 5.25. The number of benzene rings is 1. The van der Waals surface area contributed by atoms with E-state index in [4.69, 9.17) is 15.3 Å². The average Bonchev–Trinajstić information content (AvgIpc) is 2.33. The predicted octanol–water partition coefficient (Wildman–Crippen LogP) is 2.58. The van der Waals surface area contributed by atoms with Gasteiger partial charge in [0, 0.05) is 0 Å². The van der Waals surface area contributed by atoms with Gasteiger partial charge in [0.1, 0.15) is 17.9 Å². The molecule has 5 nitrogen and oxygen atoms in total. The molecule has 0 aliphatic carbocycles. The number of azo groups is 1. The predicted molar refractivity (Wildman–Crippen MR) is 57.1 cm³/mol. The molecule has 80 valence electrons. The standard InChI is InChI=1S/C11H10N4O/c1-2-16-11-5-3-9(4-6-11)14-15-10(7-12)8-13/h3-6,10H,2H2,1H3. The summed E-state index contributed by atoms with van der Waals surface area (Å²) in [4.78, 5) is 0. The zero-order valence-electron chi connectivity index (χ0n) is 8.79. The molecule has 0 heterocycles. The summed E-state index contributed by atoms with van der Waals surface area (Å²) in [6.07, 6.45) is 0. The number of hydrogen-bond acceptors (Lipinski definition) is 5. The van der Waals surface area contributed by atoms with Crippen molar-refractivity contribution in [3.8, 4) is 17.9 Å². The first-order chi connectivity index (χ1) is 7.80. The molecule has 0 aliphatic heterocycles. The fourth-order valence-corrected chi connectivity index (χ4v) is 0.981. The fourth-order valence-electron chi connectivity index (χ4n) is 0.981. The van der Waals surface area contributed by atoms with Crippen LogP contribution >= 0.6 is 0 Å². The molecule has 0 amide bonds. The van der Waals surface area contributed by atoms with E-state index in [1.807, 2.05) is 6.92 Å². The van der Waals surface area contributed by atoms with Crippen LogP contribution in [0.1, 0.15) is 6.92 Å². The Hall–Kier alpha value is -2.40. The maximum absolute atomic E-state index is 8.47. The summed E-state index contributed by atoms with van der Waals surface area (Å²) in [7, 11) is 0. The van der Waals surface area contributed by atoms with Crippen LogP contribution in [0.15, 0.2) is 34.5 Å². The van der Waals surface area contributed by atoms with Gasteiger partial charge in [-0.2, -0.15) is 20.8 Å². The van der Waals surface area contributed by atoms with Gasteiger partial charge in [0.15, 0.2) is 0 Å². The monoisotopic (exact) mass is 214 g/mol. The Kier molecular flexibility index (Phi) is 4.49. The highest BCUT2D eigenvalue weighted by molar-refractivity contribution is 5.40. The molecule has 0 spiro atoms. The van der Waals surface area contributed by atoms with Crippen LogP contribution in [0, 0.1) is 22.7 Å². The first-order valence-corrected chi connectivity index (χ1v) is 4.73. The van der Waals surface area contributed by atoms with Gasteiger partial charge in [-0.05, 0) is 31.2 Å². The van der Waals surface area contributed by atoms with Crippen LogP contribution in [0.4, 0.5) is 5.69 Å². The van der Waals surface area contributed by atoms with Crippen molar-refractivity contribution in [2.75, 3.05) is 6.61 Å². The number of rotatable bonds is 4. The van der Waals surface area contributed by atoms with Crippen LogP contribution in [0.25, 0.3) is 0 Å². The second-order valence-corrected chi connectivity index (χ2v) is 2.80. The highest BCUT2D eigenvalue weighted by Gasteiger charge is 2.00. The van der Waals surface area contributed by atoms with Gasteiger partial charge in [-0.3, -0.25) is 0 Å². The molecule has 0 bridgehead atoms. The molecule has 0 atom stereocenters. The summed E-state index contributed by atoms with van der Waals surface area (Å²) in [5, 5.41) is 24.3. The largest absolute Gasteiger partial charge is 0.494 e. The minimum atomic E-state index is -1.05. The fraction of sp³-hybridized carbons (Fsp3) is 0.273. The molecule has 1 aromatic carbocycles. The molecule has 0 N–H and O–H groups in total. The van der Waals surface area contributed by atoms with Crippen molar-refractivity contribution in [3.63, 3.8) is 0 Å². The first-order valence-electron chi connectivity index (χ1n) is 4.73. The SMILES string of the molecule is CCOc1ccc(N=NC(C#N)C#N)cc1. The van der Waals surface area contributed by atoms with Gasteiger partial charge in [-0.1, -0.05) is 0 Å². The lowest BCUT2D eigenvalue weighted by molar-refractivity contribution is 0.340. The lowest BCUT2D eigenvalue weighted by Gasteiger charge is -2.01. The van der Waals surface area contributed by atoms with E-state index in [0.29, 0.717) is 12.3 Å². The Bertz CT molecular complexity index is 425. The number of nitrogens with zero attached hydrogens (tertiary/aromatic N) is 4. The van der Waals surface area contributed by atoms with Gasteiger partial charge in [0.25, 0.3) is 0 Å². The summed E-state index contributed by atoms with van der Waals surface area (Å²) in [5.74, 6) is 0.749. The first kappa shape index (κ1) is 11.7. The molecule has 0 saturated carbocycles. The minimum absolute atomic E-state index is 0.582. The van der Waals surface area contributed by atoms with Crippen molar-refractivity contribution in [2.45, 2.75) is 13.0 Å². The third kappa shape index (κ3) is 3.39. The third-order valence-electron chi connectivity index (χ3n) is 1.68. The normalized spacial score (nSPS) is 10.0. The second-order valence-electron chi connectivity index (χ2n) is 2.80. The van der Waals surface area contributed by atoms with Crippen molar-refractivity contribution in [1.29, 1.82) is 10.5 Å². The maximum atomic E-state index is 8.47. The highest BCUT2D eigenvalue weighted by Crippen LogP contribution is 2.18. The van der Waals surface area contributed by atoms with E-state index in [0.717, 1.165) is 5.75 Å². The lowest BCUT2D eigenvalue weighted by atomic mass is 10.3. The zero-order chi connectivity index (χ0) is 11.8. The van der Waals surface area contributed by atoms with E-state index in [9.17, 15) is 0 Å². The number of hydrogen-bond donors (Lipinski definition) is 0. The summed E-state index contributed by atoms with van der Waals surface area (Å²) in [6.45, 7) is 2.50. The lowest BCUT2D eigenvalue weighted by Crippen LogP contribution is -1.92. The molecule has 1 aromatic rings. The molecule has 0 fully saturated rings. The molecule has 0 aliphatic rings. The molecule has 16 heavy (non-hydrogen) atoms. The quantitative estimate of drug-likeness (QED) is 0.722. The number of ether oxygens (including phenoxy) is 1. The molecule has 0 radical (unpaired) electrons. The highest BCUT2D eigenvalue weighted by atomic mass is 16.5. The Morgan fingerprint density at radius 2 is 1.88 bits per heavy atom. The Balaban J connectivity index is 2.69. The minimum Gasteiger partial charge on any atom is -0.494 e. The van der Waals surface area contributed by atoms with E-state index in [2.05, 4.69) is 10.2 Å². The molecular formula is C11H10N4O. The zero-order valence-corrected chi connectivity index (χ0v) is 8.79. The Morgan fingerprint density at radius 1 is 1.25 bits per heavy atom. The van der Waals surface area contributed by atoms with Crippen LogP contribution in [0.5, 0.6) is 5.75 Å². The molecular weight excluding hydrogens is 204 g/mol. The van der Waals surface area contributed by atoms with Crippen molar-refractivity contribution in [3.05, 3.63) is 24.3 Å². The Morgan fingerprint density at radius 3 is 2.38 bits per heavy atom. The molecule has 0 saturated heterocycles. The van der Waals surface area contributed by atoms with Gasteiger partial charge in [0.2, 0.25) is 6.04 Å². The van der Waals surface area contributed by atoms with Crippen molar-refractivity contribution < 1.29 is 4.74 Å². The molecule has 0 aromatic heterocycles. The van der Waals surface area contributed by atoms with Crippen LogP contribution in [-0.2, 0) is 0 Å².